The molecule has 0 heterocycles. The van der Waals surface area contributed by atoms with Crippen LogP contribution < -0.4 is 14.8 Å². The van der Waals surface area contributed by atoms with Crippen LogP contribution in [0.5, 0.6) is 11.5 Å². The first-order valence-electron chi connectivity index (χ1n) is 7.89. The van der Waals surface area contributed by atoms with Gasteiger partial charge in [0.25, 0.3) is 0 Å². The summed E-state index contributed by atoms with van der Waals surface area (Å²) < 4.78 is 10.6. The molecule has 0 radical (unpaired) electrons. The van der Waals surface area contributed by atoms with E-state index in [4.69, 9.17) is 14.6 Å². The molecule has 2 unspecified atom stereocenters. The van der Waals surface area contributed by atoms with E-state index < -0.39 is 5.97 Å². The van der Waals surface area contributed by atoms with Gasteiger partial charge in [0, 0.05) is 23.1 Å². The number of carboxylic acid groups (broad SMARTS) is 1. The summed E-state index contributed by atoms with van der Waals surface area (Å²) in [7, 11) is 3.19. The fraction of sp³-hybridized carbons (Fsp3) is 0.263. The second-order valence-electron chi connectivity index (χ2n) is 5.93. The SMILES string of the molecule is COc1ccc(OC)c(C2CC2C(=O)Nc2cccc(C(=O)O)c2)c1. The lowest BCUT2D eigenvalue weighted by Crippen LogP contribution is -2.15. The topological polar surface area (TPSA) is 84.9 Å². The second-order valence-corrected chi connectivity index (χ2v) is 5.93. The molecule has 6 heteroatoms. The Hall–Kier alpha value is -3.02. The van der Waals surface area contributed by atoms with Crippen LogP contribution in [0.25, 0.3) is 0 Å². The Morgan fingerprint density at radius 2 is 1.92 bits per heavy atom. The molecule has 0 spiro atoms. The molecule has 0 aromatic heterocycles. The Bertz CT molecular complexity index is 817. The molecule has 2 atom stereocenters. The third kappa shape index (κ3) is 3.57. The van der Waals surface area contributed by atoms with Crippen LogP contribution >= 0.6 is 0 Å². The minimum Gasteiger partial charge on any atom is -0.497 e. The van der Waals surface area contributed by atoms with Crippen molar-refractivity contribution in [2.24, 2.45) is 5.92 Å². The molecule has 2 aromatic rings. The van der Waals surface area contributed by atoms with Crippen molar-refractivity contribution < 1.29 is 24.2 Å². The summed E-state index contributed by atoms with van der Waals surface area (Å²) in [6.07, 6.45) is 0.716. The van der Waals surface area contributed by atoms with E-state index in [1.165, 1.54) is 12.1 Å². The van der Waals surface area contributed by atoms with E-state index in [1.54, 1.807) is 26.4 Å². The van der Waals surface area contributed by atoms with Gasteiger partial charge in [-0.3, -0.25) is 4.79 Å². The van der Waals surface area contributed by atoms with Gasteiger partial charge < -0.3 is 19.9 Å². The molecule has 130 valence electrons. The molecular weight excluding hydrogens is 322 g/mol. The van der Waals surface area contributed by atoms with E-state index in [0.29, 0.717) is 12.1 Å². The van der Waals surface area contributed by atoms with Crippen molar-refractivity contribution in [1.29, 1.82) is 0 Å². The molecule has 3 rings (SSSR count). The highest BCUT2D eigenvalue weighted by molar-refractivity contribution is 5.97. The molecule has 25 heavy (non-hydrogen) atoms. The van der Waals surface area contributed by atoms with Gasteiger partial charge in [-0.15, -0.1) is 0 Å². The molecule has 2 aromatic carbocycles. The van der Waals surface area contributed by atoms with Crippen molar-refractivity contribution in [3.8, 4) is 11.5 Å². The summed E-state index contributed by atoms with van der Waals surface area (Å²) >= 11 is 0. The third-order valence-electron chi connectivity index (χ3n) is 4.34. The molecule has 1 saturated carbocycles. The first-order chi connectivity index (χ1) is 12.0. The number of carbonyl (C=O) groups excluding carboxylic acids is 1. The predicted molar refractivity (Wildman–Crippen MR) is 92.4 cm³/mol. The summed E-state index contributed by atoms with van der Waals surface area (Å²) in [6.45, 7) is 0. The van der Waals surface area contributed by atoms with E-state index in [2.05, 4.69) is 5.32 Å². The van der Waals surface area contributed by atoms with Gasteiger partial charge >= 0.3 is 5.97 Å². The van der Waals surface area contributed by atoms with E-state index in [0.717, 1.165) is 17.1 Å². The number of nitrogens with one attached hydrogen (secondary N) is 1. The summed E-state index contributed by atoms with van der Waals surface area (Å²) in [6, 6.07) is 11.8. The van der Waals surface area contributed by atoms with E-state index >= 15 is 0 Å². The molecule has 1 fully saturated rings. The van der Waals surface area contributed by atoms with Gasteiger partial charge in [0.2, 0.25) is 5.91 Å². The summed E-state index contributed by atoms with van der Waals surface area (Å²) in [5.74, 6) is 0.186. The Kier molecular flexibility index (Phi) is 4.61. The average molecular weight is 341 g/mol. The van der Waals surface area contributed by atoms with Crippen molar-refractivity contribution in [2.45, 2.75) is 12.3 Å². The predicted octanol–water partition coefficient (Wildman–Crippen LogP) is 3.14. The first-order valence-corrected chi connectivity index (χ1v) is 7.89. The maximum atomic E-state index is 12.5. The lowest BCUT2D eigenvalue weighted by molar-refractivity contribution is -0.117. The van der Waals surface area contributed by atoms with Gasteiger partial charge in [0.05, 0.1) is 19.8 Å². The second kappa shape index (κ2) is 6.84. The van der Waals surface area contributed by atoms with Gasteiger partial charge in [0.15, 0.2) is 0 Å². The number of carbonyl (C=O) groups is 2. The number of benzene rings is 2. The Labute approximate surface area is 145 Å². The highest BCUT2D eigenvalue weighted by atomic mass is 16.5. The molecule has 0 aliphatic heterocycles. The molecule has 1 amide bonds. The summed E-state index contributed by atoms with van der Waals surface area (Å²) in [5, 5.41) is 11.8. The average Bonchev–Trinajstić information content (AvgIpc) is 3.42. The monoisotopic (exact) mass is 341 g/mol. The standard InChI is InChI=1S/C19H19NO5/c1-24-13-6-7-17(25-2)15(9-13)14-10-16(14)18(21)20-12-5-3-4-11(8-12)19(22)23/h3-9,14,16H,10H2,1-2H3,(H,20,21)(H,22,23). The van der Waals surface area contributed by atoms with Crippen LogP contribution in [0.2, 0.25) is 0 Å². The van der Waals surface area contributed by atoms with Crippen LogP contribution in [0.3, 0.4) is 0 Å². The number of amides is 1. The van der Waals surface area contributed by atoms with Crippen LogP contribution in [-0.4, -0.2) is 31.2 Å². The molecule has 0 saturated heterocycles. The largest absolute Gasteiger partial charge is 0.497 e. The van der Waals surface area contributed by atoms with Crippen molar-refractivity contribution in [1.82, 2.24) is 0 Å². The molecule has 1 aliphatic carbocycles. The van der Waals surface area contributed by atoms with Gasteiger partial charge in [-0.05, 0) is 42.8 Å². The number of carboxylic acids is 1. The molecule has 0 bridgehead atoms. The normalized spacial score (nSPS) is 18.3. The number of rotatable bonds is 6. The Balaban J connectivity index is 1.72. The maximum Gasteiger partial charge on any atom is 0.335 e. The van der Waals surface area contributed by atoms with Crippen LogP contribution in [0.1, 0.15) is 28.3 Å². The van der Waals surface area contributed by atoms with Gasteiger partial charge in [-0.1, -0.05) is 6.07 Å². The summed E-state index contributed by atoms with van der Waals surface area (Å²) in [4.78, 5) is 23.5. The molecular formula is C19H19NO5. The molecule has 2 N–H and O–H groups in total. The highest BCUT2D eigenvalue weighted by Gasteiger charge is 2.45. The quantitative estimate of drug-likeness (QED) is 0.843. The fourth-order valence-electron chi connectivity index (χ4n) is 2.92. The Morgan fingerprint density at radius 3 is 2.60 bits per heavy atom. The van der Waals surface area contributed by atoms with E-state index in [-0.39, 0.29) is 23.3 Å². The van der Waals surface area contributed by atoms with Gasteiger partial charge in [-0.2, -0.15) is 0 Å². The smallest absolute Gasteiger partial charge is 0.335 e. The van der Waals surface area contributed by atoms with Crippen molar-refractivity contribution in [3.63, 3.8) is 0 Å². The van der Waals surface area contributed by atoms with Crippen molar-refractivity contribution in [3.05, 3.63) is 53.6 Å². The van der Waals surface area contributed by atoms with Crippen LogP contribution in [-0.2, 0) is 4.79 Å². The highest BCUT2D eigenvalue weighted by Crippen LogP contribution is 2.51. The van der Waals surface area contributed by atoms with Crippen molar-refractivity contribution >= 4 is 17.6 Å². The number of aromatic carboxylic acids is 1. The van der Waals surface area contributed by atoms with Gasteiger partial charge in [-0.25, -0.2) is 4.79 Å². The lowest BCUT2D eigenvalue weighted by atomic mass is 10.1. The minimum absolute atomic E-state index is 0.0627. The third-order valence-corrected chi connectivity index (χ3v) is 4.34. The number of methoxy groups -OCH3 is 2. The lowest BCUT2D eigenvalue weighted by Gasteiger charge is -2.10. The summed E-state index contributed by atoms with van der Waals surface area (Å²) in [5.41, 5.74) is 1.56. The Morgan fingerprint density at radius 1 is 1.12 bits per heavy atom. The zero-order valence-corrected chi connectivity index (χ0v) is 14.0. The molecule has 6 nitrogen and oxygen atoms in total. The molecule has 1 aliphatic rings. The zero-order chi connectivity index (χ0) is 18.0. The van der Waals surface area contributed by atoms with Crippen molar-refractivity contribution in [2.75, 3.05) is 19.5 Å². The van der Waals surface area contributed by atoms with E-state index in [1.807, 2.05) is 18.2 Å². The van der Waals surface area contributed by atoms with E-state index in [9.17, 15) is 9.59 Å². The minimum atomic E-state index is -1.03. The van der Waals surface area contributed by atoms with Crippen LogP contribution in [0.4, 0.5) is 5.69 Å². The van der Waals surface area contributed by atoms with Crippen LogP contribution in [0, 0.1) is 5.92 Å². The first kappa shape index (κ1) is 16.8. The maximum absolute atomic E-state index is 12.5. The van der Waals surface area contributed by atoms with Crippen LogP contribution in [0.15, 0.2) is 42.5 Å². The van der Waals surface area contributed by atoms with Gasteiger partial charge in [0.1, 0.15) is 11.5 Å². The number of hydrogen-bond donors (Lipinski definition) is 2. The number of ether oxygens (including phenoxy) is 2. The number of hydrogen-bond acceptors (Lipinski definition) is 4. The fourth-order valence-corrected chi connectivity index (χ4v) is 2.92. The number of anilines is 1. The zero-order valence-electron chi connectivity index (χ0n) is 14.0.